The van der Waals surface area contributed by atoms with Gasteiger partial charge in [0.2, 0.25) is 0 Å². The summed E-state index contributed by atoms with van der Waals surface area (Å²) in [6.45, 7) is 0. The molecule has 0 aliphatic carbocycles. The fraction of sp³-hybridized carbons (Fsp3) is 0.0476. The lowest BCUT2D eigenvalue weighted by Gasteiger charge is -2.26. The molecule has 1 N–H and O–H groups in total. The van der Waals surface area contributed by atoms with Crippen molar-refractivity contribution in [3.05, 3.63) is 78.1 Å². The van der Waals surface area contributed by atoms with Crippen LogP contribution in [0, 0.1) is 0 Å². The third-order valence-electron chi connectivity index (χ3n) is 4.37. The van der Waals surface area contributed by atoms with Crippen molar-refractivity contribution < 1.29 is 19.1 Å². The van der Waals surface area contributed by atoms with Crippen LogP contribution < -0.4 is 15.0 Å². The number of carbonyl (C=O) groups excluding carboxylic acids is 3. The van der Waals surface area contributed by atoms with Gasteiger partial charge in [0.1, 0.15) is 11.3 Å². The summed E-state index contributed by atoms with van der Waals surface area (Å²) in [5.41, 5.74) is 1.56. The summed E-state index contributed by atoms with van der Waals surface area (Å²) in [5.74, 6) is -0.882. The average Bonchev–Trinajstić information content (AvgIpc) is 3.21. The number of methoxy groups -OCH3 is 1. The molecule has 0 unspecified atom stereocenters. The number of barbiturate groups is 1. The van der Waals surface area contributed by atoms with E-state index in [0.717, 1.165) is 10.6 Å². The van der Waals surface area contributed by atoms with Gasteiger partial charge in [0.25, 0.3) is 11.8 Å². The predicted octanol–water partition coefficient (Wildman–Crippen LogP) is 2.55. The summed E-state index contributed by atoms with van der Waals surface area (Å²) >= 11 is 0. The monoisotopic (exact) mass is 388 g/mol. The summed E-state index contributed by atoms with van der Waals surface area (Å²) in [4.78, 5) is 38.3. The molecule has 4 rings (SSSR count). The van der Waals surface area contributed by atoms with Crippen molar-refractivity contribution in [3.8, 4) is 11.4 Å². The molecule has 4 amide bonds. The fourth-order valence-electron chi connectivity index (χ4n) is 2.92. The van der Waals surface area contributed by atoms with E-state index < -0.39 is 17.8 Å². The second-order valence-electron chi connectivity index (χ2n) is 6.21. The van der Waals surface area contributed by atoms with Gasteiger partial charge in [0, 0.05) is 11.8 Å². The van der Waals surface area contributed by atoms with Crippen molar-refractivity contribution in [2.24, 2.45) is 0 Å². The number of para-hydroxylation sites is 1. The van der Waals surface area contributed by atoms with Gasteiger partial charge in [0.15, 0.2) is 0 Å². The highest BCUT2D eigenvalue weighted by molar-refractivity contribution is 6.39. The van der Waals surface area contributed by atoms with E-state index in [4.69, 9.17) is 4.74 Å². The molecule has 0 spiro atoms. The molecule has 1 aliphatic rings. The van der Waals surface area contributed by atoms with Gasteiger partial charge >= 0.3 is 6.03 Å². The molecule has 144 valence electrons. The maximum atomic E-state index is 12.9. The number of rotatable bonds is 4. The van der Waals surface area contributed by atoms with Crippen molar-refractivity contribution in [2.45, 2.75) is 0 Å². The van der Waals surface area contributed by atoms with Crippen LogP contribution in [-0.2, 0) is 9.59 Å². The predicted molar refractivity (Wildman–Crippen MR) is 106 cm³/mol. The number of carbonyl (C=O) groups is 3. The number of anilines is 1. The Morgan fingerprint density at radius 2 is 1.69 bits per heavy atom. The van der Waals surface area contributed by atoms with Crippen LogP contribution in [0.4, 0.5) is 10.5 Å². The van der Waals surface area contributed by atoms with Crippen molar-refractivity contribution in [3.63, 3.8) is 0 Å². The van der Waals surface area contributed by atoms with Gasteiger partial charge < -0.3 is 4.74 Å². The van der Waals surface area contributed by atoms with Crippen LogP contribution in [0.1, 0.15) is 5.56 Å². The van der Waals surface area contributed by atoms with E-state index in [9.17, 15) is 14.4 Å². The Balaban J connectivity index is 1.66. The number of nitrogens with one attached hydrogen (secondary N) is 1. The Morgan fingerprint density at radius 3 is 2.38 bits per heavy atom. The molecular weight excluding hydrogens is 372 g/mol. The molecule has 2 aromatic carbocycles. The van der Waals surface area contributed by atoms with Crippen molar-refractivity contribution in [1.29, 1.82) is 0 Å². The fourth-order valence-corrected chi connectivity index (χ4v) is 2.92. The van der Waals surface area contributed by atoms with Crippen LogP contribution in [0.5, 0.6) is 5.75 Å². The van der Waals surface area contributed by atoms with Gasteiger partial charge in [-0.3, -0.25) is 14.9 Å². The van der Waals surface area contributed by atoms with Crippen LogP contribution in [0.2, 0.25) is 0 Å². The molecule has 3 aromatic rings. The summed E-state index contributed by atoms with van der Waals surface area (Å²) in [7, 11) is 1.52. The van der Waals surface area contributed by atoms with Gasteiger partial charge in [0.05, 0.1) is 24.7 Å². The number of nitrogens with zero attached hydrogens (tertiary/aromatic N) is 3. The van der Waals surface area contributed by atoms with E-state index in [1.807, 2.05) is 30.3 Å². The number of hydrogen-bond donors (Lipinski definition) is 1. The van der Waals surface area contributed by atoms with E-state index in [1.165, 1.54) is 19.4 Å². The largest absolute Gasteiger partial charge is 0.497 e. The van der Waals surface area contributed by atoms with E-state index in [0.29, 0.717) is 17.0 Å². The quantitative estimate of drug-likeness (QED) is 0.548. The van der Waals surface area contributed by atoms with Crippen LogP contribution in [-0.4, -0.2) is 34.7 Å². The number of ether oxygens (including phenoxy) is 1. The Bertz CT molecular complexity index is 1120. The molecule has 2 heterocycles. The first-order valence-corrected chi connectivity index (χ1v) is 8.72. The highest BCUT2D eigenvalue weighted by Gasteiger charge is 2.36. The molecule has 8 heteroatoms. The molecule has 0 radical (unpaired) electrons. The second kappa shape index (κ2) is 7.43. The molecule has 1 fully saturated rings. The van der Waals surface area contributed by atoms with Gasteiger partial charge in [-0.1, -0.05) is 18.2 Å². The number of hydrogen-bond acceptors (Lipinski definition) is 5. The van der Waals surface area contributed by atoms with Gasteiger partial charge in [-0.25, -0.2) is 14.4 Å². The molecular formula is C21H16N4O4. The van der Waals surface area contributed by atoms with Gasteiger partial charge in [-0.15, -0.1) is 0 Å². The lowest BCUT2D eigenvalue weighted by molar-refractivity contribution is -0.122. The zero-order chi connectivity index (χ0) is 20.4. The van der Waals surface area contributed by atoms with Crippen LogP contribution in [0.25, 0.3) is 11.8 Å². The minimum Gasteiger partial charge on any atom is -0.497 e. The van der Waals surface area contributed by atoms with E-state index in [2.05, 4.69) is 10.4 Å². The Kier molecular flexibility index (Phi) is 4.66. The lowest BCUT2D eigenvalue weighted by atomic mass is 10.1. The first-order valence-electron chi connectivity index (χ1n) is 8.72. The third-order valence-corrected chi connectivity index (χ3v) is 4.37. The van der Waals surface area contributed by atoms with Crippen molar-refractivity contribution in [1.82, 2.24) is 15.1 Å². The number of benzene rings is 2. The highest BCUT2D eigenvalue weighted by Crippen LogP contribution is 2.24. The van der Waals surface area contributed by atoms with Gasteiger partial charge in [-0.2, -0.15) is 5.10 Å². The minimum atomic E-state index is -0.803. The highest BCUT2D eigenvalue weighted by atomic mass is 16.5. The minimum absolute atomic E-state index is 0.159. The first kappa shape index (κ1) is 18.2. The van der Waals surface area contributed by atoms with Gasteiger partial charge in [-0.05, 0) is 42.5 Å². The summed E-state index contributed by atoms with van der Waals surface area (Å²) < 4.78 is 6.72. The Labute approximate surface area is 166 Å². The van der Waals surface area contributed by atoms with Crippen LogP contribution in [0.15, 0.2) is 72.6 Å². The average molecular weight is 388 g/mol. The molecule has 0 bridgehead atoms. The smallest absolute Gasteiger partial charge is 0.335 e. The molecule has 29 heavy (non-hydrogen) atoms. The zero-order valence-corrected chi connectivity index (χ0v) is 15.4. The standard InChI is InChI=1S/C21H16N4O4/c1-29-17-9-7-16(8-10-17)25-20(27)18(19(26)23-21(25)28)11-14-12-22-24(13-14)15-5-3-2-4-6-15/h2-13H,1H3,(H,23,26,28). The normalized spacial score (nSPS) is 15.6. The Hall–Kier alpha value is -4.20. The summed E-state index contributed by atoms with van der Waals surface area (Å²) in [6.07, 6.45) is 4.64. The topological polar surface area (TPSA) is 93.5 Å². The number of imide groups is 2. The van der Waals surface area contributed by atoms with Crippen LogP contribution in [0.3, 0.4) is 0 Å². The first-order chi connectivity index (χ1) is 14.1. The molecule has 0 saturated carbocycles. The molecule has 1 aromatic heterocycles. The number of urea groups is 1. The SMILES string of the molecule is COc1ccc(N2C(=O)NC(=O)C(=Cc3cnn(-c4ccccc4)c3)C2=O)cc1. The number of aromatic nitrogens is 2. The van der Waals surface area contributed by atoms with E-state index >= 15 is 0 Å². The Morgan fingerprint density at radius 1 is 0.966 bits per heavy atom. The molecule has 8 nitrogen and oxygen atoms in total. The second-order valence-corrected chi connectivity index (χ2v) is 6.21. The van der Waals surface area contributed by atoms with Crippen molar-refractivity contribution >= 4 is 29.6 Å². The maximum absolute atomic E-state index is 12.9. The van der Waals surface area contributed by atoms with E-state index in [1.54, 1.807) is 35.1 Å². The summed E-state index contributed by atoms with van der Waals surface area (Å²) in [5, 5.41) is 6.44. The molecule has 1 aliphatic heterocycles. The lowest BCUT2D eigenvalue weighted by Crippen LogP contribution is -2.54. The van der Waals surface area contributed by atoms with Crippen molar-refractivity contribution in [2.75, 3.05) is 12.0 Å². The van der Waals surface area contributed by atoms with E-state index in [-0.39, 0.29) is 5.57 Å². The maximum Gasteiger partial charge on any atom is 0.335 e. The number of amides is 4. The van der Waals surface area contributed by atoms with Crippen LogP contribution >= 0.6 is 0 Å². The summed E-state index contributed by atoms with van der Waals surface area (Å²) in [6, 6.07) is 15.0. The third kappa shape index (κ3) is 3.51. The molecule has 1 saturated heterocycles. The molecule has 0 atom stereocenters. The zero-order valence-electron chi connectivity index (χ0n) is 15.4.